The van der Waals surface area contributed by atoms with E-state index in [2.05, 4.69) is 15.5 Å². The highest BCUT2D eigenvalue weighted by Gasteiger charge is 2.44. The number of carbonyl (C=O) groups is 1. The zero-order chi connectivity index (χ0) is 10.9. The van der Waals surface area contributed by atoms with Crippen molar-refractivity contribution in [1.82, 2.24) is 15.5 Å². The van der Waals surface area contributed by atoms with Crippen LogP contribution in [0, 0.1) is 5.41 Å². The van der Waals surface area contributed by atoms with Crippen LogP contribution in [0.5, 0.6) is 0 Å². The fourth-order valence-corrected chi connectivity index (χ4v) is 2.71. The molecule has 0 bridgehead atoms. The van der Waals surface area contributed by atoms with Gasteiger partial charge in [0.25, 0.3) is 0 Å². The van der Waals surface area contributed by atoms with Gasteiger partial charge in [0.15, 0.2) is 5.11 Å². The summed E-state index contributed by atoms with van der Waals surface area (Å²) in [5.41, 5.74) is 0.149. The SMILES string of the molecule is CCNC(=S)N1CCC2(CNC(=O)C2)C1. The van der Waals surface area contributed by atoms with E-state index in [1.165, 1.54) is 0 Å². The summed E-state index contributed by atoms with van der Waals surface area (Å²) in [5.74, 6) is 0.186. The number of hydrogen-bond acceptors (Lipinski definition) is 2. The normalized spacial score (nSPS) is 29.7. The van der Waals surface area contributed by atoms with Crippen LogP contribution < -0.4 is 10.6 Å². The van der Waals surface area contributed by atoms with E-state index in [0.29, 0.717) is 6.42 Å². The van der Waals surface area contributed by atoms with Gasteiger partial charge in [0, 0.05) is 38.0 Å². The van der Waals surface area contributed by atoms with Crippen LogP contribution in [0.2, 0.25) is 0 Å². The number of amides is 1. The largest absolute Gasteiger partial charge is 0.363 e. The maximum Gasteiger partial charge on any atom is 0.220 e. The van der Waals surface area contributed by atoms with E-state index in [-0.39, 0.29) is 11.3 Å². The number of nitrogens with zero attached hydrogens (tertiary/aromatic N) is 1. The Labute approximate surface area is 95.4 Å². The summed E-state index contributed by atoms with van der Waals surface area (Å²) in [6.07, 6.45) is 1.73. The minimum Gasteiger partial charge on any atom is -0.363 e. The van der Waals surface area contributed by atoms with E-state index in [1.807, 2.05) is 6.92 Å². The quantitative estimate of drug-likeness (QED) is 0.623. The lowest BCUT2D eigenvalue weighted by Crippen LogP contribution is -2.39. The summed E-state index contributed by atoms with van der Waals surface area (Å²) in [5, 5.41) is 6.90. The third-order valence-electron chi connectivity index (χ3n) is 3.25. The van der Waals surface area contributed by atoms with Crippen LogP contribution in [-0.4, -0.2) is 42.1 Å². The molecule has 1 amide bonds. The summed E-state index contributed by atoms with van der Waals surface area (Å²) in [6, 6.07) is 0. The van der Waals surface area contributed by atoms with Crippen LogP contribution in [0.15, 0.2) is 0 Å². The Hall–Kier alpha value is -0.840. The highest BCUT2D eigenvalue weighted by molar-refractivity contribution is 7.80. The van der Waals surface area contributed by atoms with Gasteiger partial charge in [-0.15, -0.1) is 0 Å². The Bertz CT molecular complexity index is 294. The number of carbonyl (C=O) groups excluding carboxylic acids is 1. The average molecular weight is 227 g/mol. The molecule has 2 aliphatic heterocycles. The molecule has 2 N–H and O–H groups in total. The van der Waals surface area contributed by atoms with Crippen molar-refractivity contribution >= 4 is 23.2 Å². The van der Waals surface area contributed by atoms with Crippen molar-refractivity contribution in [3.63, 3.8) is 0 Å². The molecule has 2 saturated heterocycles. The number of nitrogens with one attached hydrogen (secondary N) is 2. The van der Waals surface area contributed by atoms with Gasteiger partial charge in [-0.3, -0.25) is 4.79 Å². The van der Waals surface area contributed by atoms with Crippen molar-refractivity contribution in [2.75, 3.05) is 26.2 Å². The average Bonchev–Trinajstić information content (AvgIpc) is 2.76. The van der Waals surface area contributed by atoms with Gasteiger partial charge in [-0.2, -0.15) is 0 Å². The van der Waals surface area contributed by atoms with Crippen LogP contribution >= 0.6 is 12.2 Å². The summed E-state index contributed by atoms with van der Waals surface area (Å²) in [7, 11) is 0. The first-order valence-electron chi connectivity index (χ1n) is 5.45. The Morgan fingerprint density at radius 2 is 2.53 bits per heavy atom. The van der Waals surface area contributed by atoms with Crippen LogP contribution in [0.3, 0.4) is 0 Å². The second-order valence-electron chi connectivity index (χ2n) is 4.46. The van der Waals surface area contributed by atoms with E-state index < -0.39 is 0 Å². The Morgan fingerprint density at radius 3 is 3.13 bits per heavy atom. The molecule has 1 spiro atoms. The van der Waals surface area contributed by atoms with E-state index in [9.17, 15) is 4.79 Å². The smallest absolute Gasteiger partial charge is 0.220 e. The fourth-order valence-electron chi connectivity index (χ4n) is 2.41. The molecule has 0 aromatic carbocycles. The lowest BCUT2D eigenvalue weighted by molar-refractivity contribution is -0.119. The molecule has 15 heavy (non-hydrogen) atoms. The van der Waals surface area contributed by atoms with Crippen LogP contribution in [0.25, 0.3) is 0 Å². The maximum absolute atomic E-state index is 11.2. The summed E-state index contributed by atoms with van der Waals surface area (Å²) in [6.45, 7) is 5.60. The molecule has 2 rings (SSSR count). The topological polar surface area (TPSA) is 44.4 Å². The molecule has 1 atom stereocenters. The van der Waals surface area contributed by atoms with Crippen LogP contribution in [0.4, 0.5) is 0 Å². The second kappa shape index (κ2) is 3.96. The number of hydrogen-bond donors (Lipinski definition) is 2. The van der Waals surface area contributed by atoms with Crippen molar-refractivity contribution < 1.29 is 4.79 Å². The van der Waals surface area contributed by atoms with E-state index in [4.69, 9.17) is 12.2 Å². The predicted molar refractivity (Wildman–Crippen MR) is 62.5 cm³/mol. The standard InChI is InChI=1S/C10H17N3OS/c1-2-11-9(15)13-4-3-10(7-13)5-8(14)12-6-10/h2-7H2,1H3,(H,11,15)(H,12,14). The molecule has 0 radical (unpaired) electrons. The van der Waals surface area contributed by atoms with Crippen molar-refractivity contribution in [3.8, 4) is 0 Å². The van der Waals surface area contributed by atoms with Gasteiger partial charge in [0.1, 0.15) is 0 Å². The first-order chi connectivity index (χ1) is 7.15. The number of likely N-dealkylation sites (tertiary alicyclic amines) is 1. The third-order valence-corrected chi connectivity index (χ3v) is 3.65. The van der Waals surface area contributed by atoms with Gasteiger partial charge in [-0.1, -0.05) is 0 Å². The first kappa shape index (κ1) is 10.7. The molecule has 4 nitrogen and oxygen atoms in total. The molecule has 0 aromatic heterocycles. The van der Waals surface area contributed by atoms with Gasteiger partial charge in [0.2, 0.25) is 5.91 Å². The monoisotopic (exact) mass is 227 g/mol. The van der Waals surface area contributed by atoms with Gasteiger partial charge in [0.05, 0.1) is 0 Å². The first-order valence-corrected chi connectivity index (χ1v) is 5.85. The molecule has 0 saturated carbocycles. The van der Waals surface area contributed by atoms with Gasteiger partial charge in [-0.25, -0.2) is 0 Å². The summed E-state index contributed by atoms with van der Waals surface area (Å²) in [4.78, 5) is 13.4. The maximum atomic E-state index is 11.2. The molecule has 5 heteroatoms. The Kier molecular flexibility index (Phi) is 2.82. The molecule has 2 fully saturated rings. The number of rotatable bonds is 1. The zero-order valence-electron chi connectivity index (χ0n) is 9.01. The summed E-state index contributed by atoms with van der Waals surface area (Å²) < 4.78 is 0. The second-order valence-corrected chi connectivity index (χ2v) is 4.85. The molecule has 2 heterocycles. The predicted octanol–water partition coefficient (Wildman–Crippen LogP) is 0.0928. The molecular formula is C10H17N3OS. The van der Waals surface area contributed by atoms with Crippen molar-refractivity contribution in [1.29, 1.82) is 0 Å². The number of thiocarbonyl (C=S) groups is 1. The van der Waals surface area contributed by atoms with Gasteiger partial charge >= 0.3 is 0 Å². The third kappa shape index (κ3) is 2.07. The van der Waals surface area contributed by atoms with E-state index in [1.54, 1.807) is 0 Å². The highest BCUT2D eigenvalue weighted by Crippen LogP contribution is 2.36. The minimum atomic E-state index is 0.149. The lowest BCUT2D eigenvalue weighted by Gasteiger charge is -2.23. The van der Waals surface area contributed by atoms with Crippen molar-refractivity contribution in [2.45, 2.75) is 19.8 Å². The fraction of sp³-hybridized carbons (Fsp3) is 0.800. The molecular weight excluding hydrogens is 210 g/mol. The Balaban J connectivity index is 1.94. The Morgan fingerprint density at radius 1 is 1.73 bits per heavy atom. The van der Waals surface area contributed by atoms with Crippen molar-refractivity contribution in [2.24, 2.45) is 5.41 Å². The van der Waals surface area contributed by atoms with E-state index in [0.717, 1.165) is 37.7 Å². The highest BCUT2D eigenvalue weighted by atomic mass is 32.1. The van der Waals surface area contributed by atoms with Gasteiger partial charge in [-0.05, 0) is 25.6 Å². The van der Waals surface area contributed by atoms with Gasteiger partial charge < -0.3 is 15.5 Å². The van der Waals surface area contributed by atoms with Crippen LogP contribution in [0.1, 0.15) is 19.8 Å². The molecule has 0 aromatic rings. The minimum absolute atomic E-state index is 0.149. The summed E-state index contributed by atoms with van der Waals surface area (Å²) >= 11 is 5.27. The molecule has 2 aliphatic rings. The zero-order valence-corrected chi connectivity index (χ0v) is 9.82. The lowest BCUT2D eigenvalue weighted by atomic mass is 9.86. The molecule has 0 aliphatic carbocycles. The molecule has 1 unspecified atom stereocenters. The van der Waals surface area contributed by atoms with E-state index >= 15 is 0 Å². The molecule has 84 valence electrons. The van der Waals surface area contributed by atoms with Crippen LogP contribution in [-0.2, 0) is 4.79 Å². The van der Waals surface area contributed by atoms with Crippen molar-refractivity contribution in [3.05, 3.63) is 0 Å².